The van der Waals surface area contributed by atoms with E-state index in [1.807, 2.05) is 44.2 Å². The Hall–Kier alpha value is -2.78. The molecule has 2 fully saturated rings. The number of carbonyl (C=O) groups excluding carboxylic acids is 2. The summed E-state index contributed by atoms with van der Waals surface area (Å²) in [7, 11) is 0. The summed E-state index contributed by atoms with van der Waals surface area (Å²) >= 11 is 3.43. The second-order valence-corrected chi connectivity index (χ2v) is 13.1. The van der Waals surface area contributed by atoms with Gasteiger partial charge >= 0.3 is 0 Å². The van der Waals surface area contributed by atoms with Crippen LogP contribution < -0.4 is 0 Å². The summed E-state index contributed by atoms with van der Waals surface area (Å²) in [6, 6.07) is 15.4. The number of rotatable bonds is 9. The number of aromatic hydroxyl groups is 1. The van der Waals surface area contributed by atoms with Crippen LogP contribution >= 0.6 is 15.9 Å². The van der Waals surface area contributed by atoms with Crippen LogP contribution in [0.4, 0.5) is 0 Å². The van der Waals surface area contributed by atoms with E-state index in [0.29, 0.717) is 30.4 Å². The topological polar surface area (TPSA) is 101 Å². The summed E-state index contributed by atoms with van der Waals surface area (Å²) in [4.78, 5) is 31.4. The Morgan fingerprint density at radius 1 is 1.10 bits per heavy atom. The number of aliphatic hydroxyl groups excluding tert-OH is 2. The summed E-state index contributed by atoms with van der Waals surface area (Å²) in [6.45, 7) is 6.09. The SMILES string of the molecule is CC1=C([C@H](O)CC/C(C)=C/c2cc(Br)ccc2O)[C@H](CO)[C@@H]2C(=O)N(C3CCN(Cc4ccccc4)CC3)C(=O)[C@@H]2C1. The number of benzene rings is 2. The molecule has 4 atom stereocenters. The number of allylic oxidation sites excluding steroid dienone is 2. The molecule has 0 radical (unpaired) electrons. The number of carbonyl (C=O) groups is 2. The molecule has 224 valence electrons. The number of hydrogen-bond donors (Lipinski definition) is 3. The Labute approximate surface area is 256 Å². The number of imide groups is 1. The predicted octanol–water partition coefficient (Wildman–Crippen LogP) is 5.29. The van der Waals surface area contributed by atoms with Crippen LogP contribution in [0.25, 0.3) is 6.08 Å². The molecule has 3 N–H and O–H groups in total. The molecule has 42 heavy (non-hydrogen) atoms. The molecule has 7 nitrogen and oxygen atoms in total. The van der Waals surface area contributed by atoms with Crippen LogP contribution in [0, 0.1) is 17.8 Å². The molecular weight excluding hydrogens is 596 g/mol. The molecule has 2 aromatic rings. The van der Waals surface area contributed by atoms with Gasteiger partial charge in [-0.2, -0.15) is 0 Å². The van der Waals surface area contributed by atoms with Crippen molar-refractivity contribution in [2.45, 2.75) is 64.6 Å². The number of amides is 2. The van der Waals surface area contributed by atoms with Gasteiger partial charge in [-0.15, -0.1) is 0 Å². The van der Waals surface area contributed by atoms with E-state index in [1.54, 1.807) is 12.1 Å². The van der Waals surface area contributed by atoms with Gasteiger partial charge in [0, 0.05) is 41.6 Å². The molecule has 0 spiro atoms. The van der Waals surface area contributed by atoms with E-state index in [2.05, 4.69) is 33.0 Å². The smallest absolute Gasteiger partial charge is 0.234 e. The largest absolute Gasteiger partial charge is 0.507 e. The minimum Gasteiger partial charge on any atom is -0.507 e. The quantitative estimate of drug-likeness (QED) is 0.255. The highest BCUT2D eigenvalue weighted by atomic mass is 79.9. The van der Waals surface area contributed by atoms with Gasteiger partial charge in [0.05, 0.1) is 24.5 Å². The van der Waals surface area contributed by atoms with Gasteiger partial charge in [0.25, 0.3) is 0 Å². The van der Waals surface area contributed by atoms with Crippen molar-refractivity contribution < 1.29 is 24.9 Å². The van der Waals surface area contributed by atoms with Crippen LogP contribution in [0.5, 0.6) is 5.75 Å². The Kier molecular flexibility index (Phi) is 9.67. The van der Waals surface area contributed by atoms with Crippen molar-refractivity contribution in [2.75, 3.05) is 19.7 Å². The fourth-order valence-corrected chi connectivity index (χ4v) is 7.56. The third kappa shape index (κ3) is 6.42. The summed E-state index contributed by atoms with van der Waals surface area (Å²) in [5, 5.41) is 32.0. The van der Waals surface area contributed by atoms with Crippen LogP contribution in [-0.2, 0) is 16.1 Å². The van der Waals surface area contributed by atoms with Gasteiger partial charge in [0.1, 0.15) is 5.75 Å². The average Bonchev–Trinajstić information content (AvgIpc) is 3.22. The second-order valence-electron chi connectivity index (χ2n) is 12.1. The number of phenolic OH excluding ortho intramolecular Hbond substituents is 1. The van der Waals surface area contributed by atoms with Gasteiger partial charge in [0.15, 0.2) is 0 Å². The molecule has 2 saturated heterocycles. The lowest BCUT2D eigenvalue weighted by Crippen LogP contribution is -2.47. The van der Waals surface area contributed by atoms with E-state index in [9.17, 15) is 24.9 Å². The normalized spacial score (nSPS) is 24.8. The molecule has 2 amide bonds. The summed E-state index contributed by atoms with van der Waals surface area (Å²) in [5.41, 5.74) is 4.55. The molecule has 2 aliphatic heterocycles. The number of aliphatic hydroxyl groups is 2. The first-order valence-electron chi connectivity index (χ1n) is 14.9. The zero-order chi connectivity index (χ0) is 30.0. The molecule has 8 heteroatoms. The maximum absolute atomic E-state index is 13.8. The fourth-order valence-electron chi connectivity index (χ4n) is 7.18. The first kappa shape index (κ1) is 30.7. The fraction of sp³-hybridized carbons (Fsp3) is 0.471. The second kappa shape index (κ2) is 13.2. The maximum Gasteiger partial charge on any atom is 0.234 e. The van der Waals surface area contributed by atoms with Crippen molar-refractivity contribution in [3.8, 4) is 5.75 Å². The van der Waals surface area contributed by atoms with E-state index < -0.39 is 23.9 Å². The molecule has 2 aromatic carbocycles. The Morgan fingerprint density at radius 3 is 2.50 bits per heavy atom. The van der Waals surface area contributed by atoms with Crippen LogP contribution in [0.1, 0.15) is 57.1 Å². The first-order chi connectivity index (χ1) is 20.2. The van der Waals surface area contributed by atoms with E-state index in [4.69, 9.17) is 0 Å². The number of phenols is 1. The molecule has 0 saturated carbocycles. The van der Waals surface area contributed by atoms with E-state index in [0.717, 1.165) is 48.1 Å². The molecule has 0 unspecified atom stereocenters. The lowest BCUT2D eigenvalue weighted by Gasteiger charge is -2.36. The zero-order valence-corrected chi connectivity index (χ0v) is 26.0. The number of halogens is 1. The van der Waals surface area contributed by atoms with Crippen molar-refractivity contribution in [1.29, 1.82) is 0 Å². The van der Waals surface area contributed by atoms with E-state index in [1.165, 1.54) is 10.5 Å². The third-order valence-corrected chi connectivity index (χ3v) is 9.79. The van der Waals surface area contributed by atoms with Gasteiger partial charge in [0.2, 0.25) is 11.8 Å². The maximum atomic E-state index is 13.8. The van der Waals surface area contributed by atoms with Crippen LogP contribution in [0.15, 0.2) is 69.7 Å². The molecule has 0 bridgehead atoms. The minimum atomic E-state index is -0.833. The number of hydrogen-bond acceptors (Lipinski definition) is 6. The predicted molar refractivity (Wildman–Crippen MR) is 166 cm³/mol. The van der Waals surface area contributed by atoms with Gasteiger partial charge in [-0.1, -0.05) is 63.5 Å². The summed E-state index contributed by atoms with van der Waals surface area (Å²) in [5.74, 6) is -1.81. The van der Waals surface area contributed by atoms with Crippen molar-refractivity contribution in [1.82, 2.24) is 9.80 Å². The monoisotopic (exact) mass is 636 g/mol. The Bertz CT molecular complexity index is 1370. The van der Waals surface area contributed by atoms with Gasteiger partial charge in [-0.05, 0) is 75.3 Å². The highest BCUT2D eigenvalue weighted by Crippen LogP contribution is 2.47. The van der Waals surface area contributed by atoms with Crippen LogP contribution in [0.2, 0.25) is 0 Å². The highest BCUT2D eigenvalue weighted by molar-refractivity contribution is 9.10. The molecule has 1 aliphatic carbocycles. The van der Waals surface area contributed by atoms with Gasteiger partial charge in [-0.3, -0.25) is 19.4 Å². The van der Waals surface area contributed by atoms with Crippen LogP contribution in [0.3, 0.4) is 0 Å². The van der Waals surface area contributed by atoms with Crippen molar-refractivity contribution >= 4 is 33.8 Å². The van der Waals surface area contributed by atoms with E-state index in [-0.39, 0.29) is 30.2 Å². The minimum absolute atomic E-state index is 0.120. The summed E-state index contributed by atoms with van der Waals surface area (Å²) < 4.78 is 0.866. The number of likely N-dealkylation sites (tertiary alicyclic amines) is 2. The van der Waals surface area contributed by atoms with Crippen molar-refractivity contribution in [3.05, 3.63) is 80.8 Å². The standard InChI is InChI=1S/C34H41BrN2O5/c1-21(16-24-18-25(35)9-11-29(24)39)8-10-30(40)31-22(2)17-27-32(28(31)20-38)34(42)37(33(27)41)26-12-14-36(15-13-26)19-23-6-4-3-5-7-23/h3-7,9,11,16,18,26-28,30,32,38-40H,8,10,12-15,17,19-20H2,1-2H3/b21-16+/t27-,28+,30-,32-/m1/s1. The summed E-state index contributed by atoms with van der Waals surface area (Å²) in [6.07, 6.45) is 3.99. The first-order valence-corrected chi connectivity index (χ1v) is 15.7. The number of nitrogens with zero attached hydrogens (tertiary/aromatic N) is 2. The zero-order valence-electron chi connectivity index (χ0n) is 24.4. The Morgan fingerprint density at radius 2 is 1.81 bits per heavy atom. The lowest BCUT2D eigenvalue weighted by atomic mass is 9.68. The molecule has 5 rings (SSSR count). The molecule has 2 heterocycles. The number of fused-ring (bicyclic) bond motifs is 1. The molecular formula is C34H41BrN2O5. The molecule has 3 aliphatic rings. The van der Waals surface area contributed by atoms with E-state index >= 15 is 0 Å². The molecule has 0 aromatic heterocycles. The van der Waals surface area contributed by atoms with Crippen LogP contribution in [-0.4, -0.2) is 68.8 Å². The number of piperidine rings is 1. The van der Waals surface area contributed by atoms with Crippen molar-refractivity contribution in [2.24, 2.45) is 17.8 Å². The third-order valence-electron chi connectivity index (χ3n) is 9.29. The van der Waals surface area contributed by atoms with Gasteiger partial charge < -0.3 is 15.3 Å². The Balaban J connectivity index is 1.24. The lowest BCUT2D eigenvalue weighted by molar-refractivity contribution is -0.144. The average molecular weight is 638 g/mol. The highest BCUT2D eigenvalue weighted by Gasteiger charge is 2.56. The van der Waals surface area contributed by atoms with Crippen molar-refractivity contribution in [3.63, 3.8) is 0 Å². The van der Waals surface area contributed by atoms with Gasteiger partial charge in [-0.25, -0.2) is 0 Å².